The first-order valence-corrected chi connectivity index (χ1v) is 5.71. The van der Waals surface area contributed by atoms with Crippen LogP contribution in [-0.4, -0.2) is 18.7 Å². The van der Waals surface area contributed by atoms with Crippen LogP contribution in [0.25, 0.3) is 0 Å². The van der Waals surface area contributed by atoms with Gasteiger partial charge in [-0.25, -0.2) is 0 Å². The third-order valence-corrected chi connectivity index (χ3v) is 2.95. The van der Waals surface area contributed by atoms with Gasteiger partial charge in [0, 0.05) is 11.1 Å². The van der Waals surface area contributed by atoms with Crippen LogP contribution in [0.15, 0.2) is 34.6 Å². The van der Waals surface area contributed by atoms with E-state index in [1.807, 2.05) is 13.0 Å². The molecule has 0 unspecified atom stereocenters. The van der Waals surface area contributed by atoms with E-state index in [-0.39, 0.29) is 17.3 Å². The molecule has 0 radical (unpaired) electrons. The molecule has 0 saturated heterocycles. The van der Waals surface area contributed by atoms with Crippen LogP contribution in [0.5, 0.6) is 0 Å². The molecule has 1 rings (SSSR count). The van der Waals surface area contributed by atoms with Gasteiger partial charge in [0.05, 0.1) is 7.11 Å². The van der Waals surface area contributed by atoms with Crippen molar-refractivity contribution in [2.24, 2.45) is 0 Å². The maximum Gasteiger partial charge on any atom is 0.224 e. The van der Waals surface area contributed by atoms with Crippen molar-refractivity contribution < 1.29 is 14.3 Å². The Hall–Kier alpha value is -1.64. The summed E-state index contributed by atoms with van der Waals surface area (Å²) >= 11 is 0. The minimum atomic E-state index is -0.176. The molecule has 1 aliphatic carbocycles. The summed E-state index contributed by atoms with van der Waals surface area (Å²) in [5.74, 6) is -0.140. The van der Waals surface area contributed by atoms with E-state index in [1.165, 1.54) is 18.8 Å². The third kappa shape index (κ3) is 2.93. The van der Waals surface area contributed by atoms with Crippen molar-refractivity contribution in [2.45, 2.75) is 33.6 Å². The molecule has 0 atom stereocenters. The molecule has 0 aromatic heterocycles. The second-order valence-corrected chi connectivity index (χ2v) is 4.13. The molecule has 3 nitrogen and oxygen atoms in total. The lowest BCUT2D eigenvalue weighted by Gasteiger charge is -2.15. The standard InChI is InChI=1S/C14H18O3/c1-5-9(2)6-7-11-8-12(15)10(3)14(17-4)13(11)16/h6,8H,5,7H2,1-4H3/b9-6+. The summed E-state index contributed by atoms with van der Waals surface area (Å²) in [6, 6.07) is 0. The Morgan fingerprint density at radius 1 is 1.41 bits per heavy atom. The van der Waals surface area contributed by atoms with Crippen LogP contribution < -0.4 is 0 Å². The molecule has 0 aliphatic heterocycles. The Labute approximate surface area is 102 Å². The fraction of sp³-hybridized carbons (Fsp3) is 0.429. The SMILES string of the molecule is CC/C(C)=C/CC1=CC(=O)C(C)=C(OC)C1=O. The molecular weight excluding hydrogens is 216 g/mol. The van der Waals surface area contributed by atoms with Gasteiger partial charge in [-0.2, -0.15) is 0 Å². The number of carbonyl (C=O) groups is 2. The van der Waals surface area contributed by atoms with Crippen LogP contribution >= 0.6 is 0 Å². The molecule has 0 heterocycles. The molecule has 0 N–H and O–H groups in total. The first-order chi connectivity index (χ1) is 8.01. The van der Waals surface area contributed by atoms with Crippen molar-refractivity contribution in [2.75, 3.05) is 7.11 Å². The molecule has 3 heteroatoms. The summed E-state index contributed by atoms with van der Waals surface area (Å²) in [6.45, 7) is 5.67. The third-order valence-electron chi connectivity index (χ3n) is 2.95. The van der Waals surface area contributed by atoms with E-state index in [2.05, 4.69) is 6.92 Å². The highest BCUT2D eigenvalue weighted by Crippen LogP contribution is 2.22. The minimum absolute atomic E-state index is 0.140. The van der Waals surface area contributed by atoms with E-state index in [1.54, 1.807) is 6.92 Å². The lowest BCUT2D eigenvalue weighted by Crippen LogP contribution is -2.19. The topological polar surface area (TPSA) is 43.4 Å². The van der Waals surface area contributed by atoms with Crippen LogP contribution in [-0.2, 0) is 14.3 Å². The van der Waals surface area contributed by atoms with Crippen LogP contribution in [0, 0.1) is 0 Å². The summed E-state index contributed by atoms with van der Waals surface area (Å²) < 4.78 is 5.00. The summed E-state index contributed by atoms with van der Waals surface area (Å²) in [7, 11) is 1.42. The fourth-order valence-electron chi connectivity index (χ4n) is 1.59. The molecule has 0 saturated carbocycles. The van der Waals surface area contributed by atoms with Gasteiger partial charge in [-0.15, -0.1) is 0 Å². The molecule has 0 spiro atoms. The zero-order valence-corrected chi connectivity index (χ0v) is 10.8. The molecule has 0 amide bonds. The van der Waals surface area contributed by atoms with Gasteiger partial charge in [0.25, 0.3) is 0 Å². The highest BCUT2D eigenvalue weighted by Gasteiger charge is 2.26. The average molecular weight is 234 g/mol. The van der Waals surface area contributed by atoms with Gasteiger partial charge in [-0.05, 0) is 32.8 Å². The molecule has 0 aromatic rings. The monoisotopic (exact) mass is 234 g/mol. The zero-order valence-electron chi connectivity index (χ0n) is 10.8. The van der Waals surface area contributed by atoms with E-state index >= 15 is 0 Å². The molecule has 0 bridgehead atoms. The van der Waals surface area contributed by atoms with Crippen molar-refractivity contribution in [3.63, 3.8) is 0 Å². The first kappa shape index (κ1) is 13.4. The van der Waals surface area contributed by atoms with Crippen LogP contribution in [0.2, 0.25) is 0 Å². The number of ether oxygens (including phenoxy) is 1. The van der Waals surface area contributed by atoms with Gasteiger partial charge in [0.2, 0.25) is 5.78 Å². The molecular formula is C14H18O3. The maximum atomic E-state index is 12.0. The van der Waals surface area contributed by atoms with Crippen molar-refractivity contribution >= 4 is 11.6 Å². The number of hydrogen-bond acceptors (Lipinski definition) is 3. The quantitative estimate of drug-likeness (QED) is 0.555. The smallest absolute Gasteiger partial charge is 0.224 e. The molecule has 1 aliphatic rings. The second-order valence-electron chi connectivity index (χ2n) is 4.13. The molecule has 0 fully saturated rings. The average Bonchev–Trinajstić information content (AvgIpc) is 2.32. The molecule has 17 heavy (non-hydrogen) atoms. The summed E-state index contributed by atoms with van der Waals surface area (Å²) in [5, 5.41) is 0. The van der Waals surface area contributed by atoms with Gasteiger partial charge in [0.15, 0.2) is 11.5 Å². The van der Waals surface area contributed by atoms with Gasteiger partial charge < -0.3 is 4.74 Å². The number of rotatable bonds is 4. The first-order valence-electron chi connectivity index (χ1n) is 5.71. The Morgan fingerprint density at radius 3 is 2.59 bits per heavy atom. The number of methoxy groups -OCH3 is 1. The number of hydrogen-bond donors (Lipinski definition) is 0. The van der Waals surface area contributed by atoms with Crippen molar-refractivity contribution in [3.8, 4) is 0 Å². The summed E-state index contributed by atoms with van der Waals surface area (Å²) in [5.41, 5.74) is 2.10. The normalized spacial score (nSPS) is 17.4. The van der Waals surface area contributed by atoms with Gasteiger partial charge >= 0.3 is 0 Å². The fourth-order valence-corrected chi connectivity index (χ4v) is 1.59. The number of carbonyl (C=O) groups excluding carboxylic acids is 2. The molecule has 0 aromatic carbocycles. The Bertz CT molecular complexity index is 436. The Morgan fingerprint density at radius 2 is 2.06 bits per heavy atom. The number of ketones is 2. The highest BCUT2D eigenvalue weighted by atomic mass is 16.5. The maximum absolute atomic E-state index is 12.0. The number of Topliss-reactive ketones (excluding diaryl/α,β-unsaturated/α-hetero) is 1. The lowest BCUT2D eigenvalue weighted by atomic mass is 9.93. The van der Waals surface area contributed by atoms with Crippen LogP contribution in [0.1, 0.15) is 33.6 Å². The van der Waals surface area contributed by atoms with Crippen molar-refractivity contribution in [1.82, 2.24) is 0 Å². The van der Waals surface area contributed by atoms with E-state index < -0.39 is 0 Å². The van der Waals surface area contributed by atoms with Crippen molar-refractivity contribution in [1.29, 1.82) is 0 Å². The van der Waals surface area contributed by atoms with Gasteiger partial charge in [-0.1, -0.05) is 18.6 Å². The number of allylic oxidation sites excluding steroid dienone is 5. The minimum Gasteiger partial charge on any atom is -0.492 e. The van der Waals surface area contributed by atoms with E-state index in [4.69, 9.17) is 4.74 Å². The lowest BCUT2D eigenvalue weighted by molar-refractivity contribution is -0.118. The Balaban J connectivity index is 2.94. The van der Waals surface area contributed by atoms with E-state index in [9.17, 15) is 9.59 Å². The summed E-state index contributed by atoms with van der Waals surface area (Å²) in [6.07, 6.45) is 4.83. The van der Waals surface area contributed by atoms with Crippen LogP contribution in [0.3, 0.4) is 0 Å². The molecule has 92 valence electrons. The van der Waals surface area contributed by atoms with Gasteiger partial charge in [-0.3, -0.25) is 9.59 Å². The van der Waals surface area contributed by atoms with Gasteiger partial charge in [0.1, 0.15) is 0 Å². The van der Waals surface area contributed by atoms with E-state index in [0.717, 1.165) is 6.42 Å². The Kier molecular flexibility index (Phi) is 4.44. The summed E-state index contributed by atoms with van der Waals surface area (Å²) in [4.78, 5) is 23.6. The second kappa shape index (κ2) is 5.62. The van der Waals surface area contributed by atoms with Crippen LogP contribution in [0.4, 0.5) is 0 Å². The zero-order chi connectivity index (χ0) is 13.0. The predicted molar refractivity (Wildman–Crippen MR) is 66.5 cm³/mol. The van der Waals surface area contributed by atoms with E-state index in [0.29, 0.717) is 17.6 Å². The highest BCUT2D eigenvalue weighted by molar-refractivity contribution is 6.21. The predicted octanol–water partition coefficient (Wildman–Crippen LogP) is 2.73. The van der Waals surface area contributed by atoms with Crippen molar-refractivity contribution in [3.05, 3.63) is 34.6 Å². The largest absolute Gasteiger partial charge is 0.492 e.